The molecule has 0 radical (unpaired) electrons. The average molecular weight is 623 g/mol. The molecule has 11 heteroatoms. The van der Waals surface area contributed by atoms with Crippen molar-refractivity contribution >= 4 is 47.4 Å². The Morgan fingerprint density at radius 2 is 1.82 bits per heavy atom. The summed E-state index contributed by atoms with van der Waals surface area (Å²) in [6.45, 7) is 9.80. The molecule has 0 aliphatic carbocycles. The number of hydrogen-bond acceptors (Lipinski definition) is 6. The maximum Gasteiger partial charge on any atom is 0.303 e. The molecule has 10 nitrogen and oxygen atoms in total. The summed E-state index contributed by atoms with van der Waals surface area (Å²) >= 11 is 1.87. The Hall–Kier alpha value is -3.41. The molecule has 3 aliphatic rings. The minimum absolute atomic E-state index is 0.0324. The Balaban J connectivity index is 1.60. The Morgan fingerprint density at radius 3 is 2.43 bits per heavy atom. The van der Waals surface area contributed by atoms with Gasteiger partial charge < -0.3 is 30.6 Å². The van der Waals surface area contributed by atoms with Crippen LogP contribution in [0.5, 0.6) is 0 Å². The highest BCUT2D eigenvalue weighted by molar-refractivity contribution is 8.06. The third-order valence-electron chi connectivity index (χ3n) is 9.42. The van der Waals surface area contributed by atoms with E-state index in [2.05, 4.69) is 26.4 Å². The van der Waals surface area contributed by atoms with E-state index in [1.807, 2.05) is 52.5 Å². The van der Waals surface area contributed by atoms with Gasteiger partial charge in [0.1, 0.15) is 0 Å². The standard InChI is InChI=1S/C33H42N4O6S/c1-6-19-15(2)24(36-33(19)43)11-22-16(3)20(7-9-29(38)39)25(34-22)13-26-21(8-10-30(40)41)17(4)23(35-26)12-27-31(28-14-44-28)18(5)32(42)37-27/h12-13,18,27-29,31,34-35,38-39H,6-11,14H2,1-5H3,(H,37,42)(H,40,41)/b23-12+,26-13-/t18-,27?,28-,31-/m1/s1. The molecule has 0 spiro atoms. The average Bonchev–Trinajstić information content (AvgIpc) is 3.53. The van der Waals surface area contributed by atoms with E-state index in [1.165, 1.54) is 0 Å². The number of aliphatic hydroxyl groups excluding tert-OH is 1. The fraction of sp³-hybridized carbons (Fsp3) is 0.515. The van der Waals surface area contributed by atoms with Gasteiger partial charge in [-0.2, -0.15) is 11.8 Å². The van der Waals surface area contributed by atoms with E-state index in [4.69, 9.17) is 0 Å². The van der Waals surface area contributed by atoms with Crippen LogP contribution < -0.4 is 16.0 Å². The van der Waals surface area contributed by atoms with Gasteiger partial charge in [0.05, 0.1) is 11.8 Å². The number of H-pyrrole nitrogens is 2. The third-order valence-corrected chi connectivity index (χ3v) is 10.5. The molecule has 2 saturated heterocycles. The van der Waals surface area contributed by atoms with Crippen LogP contribution in [0.4, 0.5) is 0 Å². The second-order valence-corrected chi connectivity index (χ2v) is 13.4. The zero-order chi connectivity index (χ0) is 31.9. The number of aromatic nitrogens is 2. The number of aliphatic imine (C=N–C) groups is 1. The van der Waals surface area contributed by atoms with Crippen molar-refractivity contribution in [3.63, 3.8) is 0 Å². The Kier molecular flexibility index (Phi) is 9.38. The van der Waals surface area contributed by atoms with E-state index < -0.39 is 12.3 Å². The lowest BCUT2D eigenvalue weighted by Gasteiger charge is -2.16. The number of nitrogens with zero attached hydrogens (tertiary/aromatic N) is 1. The summed E-state index contributed by atoms with van der Waals surface area (Å²) < 4.78 is 0. The Labute approximate surface area is 260 Å². The first-order valence-electron chi connectivity index (χ1n) is 15.3. The highest BCUT2D eigenvalue weighted by Crippen LogP contribution is 2.44. The molecule has 44 heavy (non-hydrogen) atoms. The van der Waals surface area contributed by atoms with Crippen LogP contribution in [0.2, 0.25) is 0 Å². The van der Waals surface area contributed by atoms with Crippen molar-refractivity contribution in [2.24, 2.45) is 16.8 Å². The van der Waals surface area contributed by atoms with Gasteiger partial charge in [-0.3, -0.25) is 14.4 Å². The number of aromatic amines is 2. The molecule has 3 aliphatic heterocycles. The van der Waals surface area contributed by atoms with E-state index in [-0.39, 0.29) is 42.5 Å². The first kappa shape index (κ1) is 32.0. The third kappa shape index (κ3) is 6.50. The number of carbonyl (C=O) groups is 3. The maximum absolute atomic E-state index is 12.6. The topological polar surface area (TPSA) is 168 Å². The monoisotopic (exact) mass is 622 g/mol. The predicted molar refractivity (Wildman–Crippen MR) is 171 cm³/mol. The number of rotatable bonds is 12. The highest BCUT2D eigenvalue weighted by Gasteiger charge is 2.47. The zero-order valence-corrected chi connectivity index (χ0v) is 26.7. The molecule has 4 atom stereocenters. The van der Waals surface area contributed by atoms with Gasteiger partial charge in [-0.1, -0.05) is 13.8 Å². The van der Waals surface area contributed by atoms with Crippen LogP contribution in [-0.2, 0) is 33.6 Å². The molecule has 0 saturated carbocycles. The van der Waals surface area contributed by atoms with Gasteiger partial charge >= 0.3 is 5.97 Å². The molecule has 1 unspecified atom stereocenters. The molecule has 5 rings (SSSR count). The van der Waals surface area contributed by atoms with Gasteiger partial charge in [-0.15, -0.1) is 0 Å². The number of hydrogen-bond donors (Lipinski definition) is 6. The van der Waals surface area contributed by atoms with Crippen LogP contribution >= 0.6 is 11.8 Å². The van der Waals surface area contributed by atoms with Crippen LogP contribution in [0.3, 0.4) is 0 Å². The van der Waals surface area contributed by atoms with E-state index in [0.29, 0.717) is 30.9 Å². The van der Waals surface area contributed by atoms with Crippen molar-refractivity contribution in [3.8, 4) is 0 Å². The number of carboxylic acid groups (broad SMARTS) is 1. The lowest BCUT2D eigenvalue weighted by atomic mass is 9.89. The maximum atomic E-state index is 12.6. The molecule has 2 aromatic heterocycles. The van der Waals surface area contributed by atoms with Crippen molar-refractivity contribution in [3.05, 3.63) is 55.5 Å². The van der Waals surface area contributed by atoms with Crippen LogP contribution in [-0.4, -0.2) is 72.1 Å². The van der Waals surface area contributed by atoms with Crippen LogP contribution in [0.1, 0.15) is 73.7 Å². The first-order valence-corrected chi connectivity index (χ1v) is 16.4. The van der Waals surface area contributed by atoms with Crippen molar-refractivity contribution in [2.45, 2.75) is 90.7 Å². The van der Waals surface area contributed by atoms with Gasteiger partial charge in [0.25, 0.3) is 5.91 Å². The Morgan fingerprint density at radius 1 is 1.09 bits per heavy atom. The molecule has 0 bridgehead atoms. The second kappa shape index (κ2) is 12.9. The molecule has 6 N–H and O–H groups in total. The van der Waals surface area contributed by atoms with Crippen molar-refractivity contribution in [1.82, 2.24) is 15.3 Å². The van der Waals surface area contributed by atoms with E-state index in [0.717, 1.165) is 67.0 Å². The number of carbonyl (C=O) groups excluding carboxylic acids is 2. The van der Waals surface area contributed by atoms with E-state index >= 15 is 0 Å². The molecular weight excluding hydrogens is 580 g/mol. The minimum atomic E-state index is -1.46. The van der Waals surface area contributed by atoms with E-state index in [1.54, 1.807) is 0 Å². The van der Waals surface area contributed by atoms with E-state index in [9.17, 15) is 29.7 Å². The van der Waals surface area contributed by atoms with Crippen molar-refractivity contribution in [1.29, 1.82) is 0 Å². The summed E-state index contributed by atoms with van der Waals surface area (Å²) in [4.78, 5) is 47.9. The SMILES string of the molecule is CCC1=C(C)C(Cc2[nH]c(/C=c3\[nH]/c(=C/C4NC(=O)[C@H](C)[C@H]4[C@H]4CS4)c(C)c3CCC(=O)O)c(CCC(O)O)c2C)=NC1=O. The molecular formula is C33H42N4O6S. The summed E-state index contributed by atoms with van der Waals surface area (Å²) in [5, 5.41) is 34.0. The fourth-order valence-corrected chi connectivity index (χ4v) is 7.64. The van der Waals surface area contributed by atoms with Gasteiger partial charge in [0.15, 0.2) is 6.29 Å². The van der Waals surface area contributed by atoms with Gasteiger partial charge in [0.2, 0.25) is 5.91 Å². The molecule has 2 aromatic rings. The second-order valence-electron chi connectivity index (χ2n) is 12.2. The molecule has 5 heterocycles. The van der Waals surface area contributed by atoms with Gasteiger partial charge in [0, 0.05) is 69.8 Å². The fourth-order valence-electron chi connectivity index (χ4n) is 6.68. The largest absolute Gasteiger partial charge is 0.481 e. The summed E-state index contributed by atoms with van der Waals surface area (Å²) in [6, 6.07) is -0.116. The Bertz CT molecular complexity index is 1680. The smallest absolute Gasteiger partial charge is 0.303 e. The molecule has 236 valence electrons. The summed E-state index contributed by atoms with van der Waals surface area (Å²) in [5.74, 6) is 0.161. The summed E-state index contributed by atoms with van der Waals surface area (Å²) in [7, 11) is 0. The number of amides is 2. The van der Waals surface area contributed by atoms with Gasteiger partial charge in [-0.25, -0.2) is 4.99 Å². The quantitative estimate of drug-likeness (QED) is 0.155. The molecule has 2 fully saturated rings. The number of aliphatic carboxylic acids is 1. The molecule has 0 aromatic carbocycles. The number of allylic oxidation sites excluding steroid dienone is 1. The lowest BCUT2D eigenvalue weighted by molar-refractivity contribution is -0.137. The molecule has 2 amide bonds. The number of carboxylic acids is 1. The van der Waals surface area contributed by atoms with Crippen LogP contribution in [0.15, 0.2) is 16.1 Å². The van der Waals surface area contributed by atoms with Crippen molar-refractivity contribution < 1.29 is 29.7 Å². The number of thioether (sulfide) groups is 1. The zero-order valence-electron chi connectivity index (χ0n) is 25.9. The van der Waals surface area contributed by atoms with Crippen LogP contribution in [0.25, 0.3) is 12.2 Å². The normalized spacial score (nSPS) is 24.2. The lowest BCUT2D eigenvalue weighted by Crippen LogP contribution is -2.31. The summed E-state index contributed by atoms with van der Waals surface area (Å²) in [5.41, 5.74) is 7.71. The predicted octanol–water partition coefficient (Wildman–Crippen LogP) is 1.95. The highest BCUT2D eigenvalue weighted by atomic mass is 32.2. The number of aliphatic hydroxyl groups is 2. The van der Waals surface area contributed by atoms with Gasteiger partial charge in [-0.05, 0) is 80.0 Å². The minimum Gasteiger partial charge on any atom is -0.481 e. The van der Waals surface area contributed by atoms with Crippen molar-refractivity contribution in [2.75, 3.05) is 5.75 Å². The van der Waals surface area contributed by atoms with Crippen LogP contribution in [0, 0.1) is 25.7 Å². The first-order chi connectivity index (χ1) is 20.9. The summed E-state index contributed by atoms with van der Waals surface area (Å²) in [6.07, 6.45) is 4.47. The number of nitrogens with one attached hydrogen (secondary N) is 3.